The lowest BCUT2D eigenvalue weighted by Crippen LogP contribution is -2.67. The minimum atomic E-state index is -2.64. The molecule has 2 aromatic carbocycles. The van der Waals surface area contributed by atoms with Crippen LogP contribution in [0.4, 0.5) is 0 Å². The number of ether oxygens (including phenoxy) is 3. The van der Waals surface area contributed by atoms with Crippen molar-refractivity contribution in [3.63, 3.8) is 0 Å². The number of hydrogen-bond acceptors (Lipinski definition) is 4. The van der Waals surface area contributed by atoms with Crippen LogP contribution in [0.1, 0.15) is 80.6 Å². The molecule has 3 aliphatic rings. The Morgan fingerprint density at radius 1 is 0.976 bits per heavy atom. The Kier molecular flexibility index (Phi) is 9.55. The minimum absolute atomic E-state index is 0.0292. The van der Waals surface area contributed by atoms with Gasteiger partial charge < -0.3 is 18.6 Å². The molecule has 6 heteroatoms. The molecule has 0 bridgehead atoms. The van der Waals surface area contributed by atoms with Gasteiger partial charge in [0.1, 0.15) is 0 Å². The van der Waals surface area contributed by atoms with Gasteiger partial charge in [-0.15, -0.1) is 0 Å². The van der Waals surface area contributed by atoms with E-state index in [1.54, 1.807) is 0 Å². The lowest BCUT2D eigenvalue weighted by molar-refractivity contribution is -0.388. The summed E-state index contributed by atoms with van der Waals surface area (Å²) >= 11 is 2.44. The molecular formula is C36H51IO4Si. The minimum Gasteiger partial charge on any atom is -0.407 e. The van der Waals surface area contributed by atoms with Crippen molar-refractivity contribution in [3.8, 4) is 0 Å². The van der Waals surface area contributed by atoms with Crippen LogP contribution in [0.2, 0.25) is 5.04 Å². The molecule has 7 atom stereocenters. The number of halogens is 1. The molecule has 3 aliphatic heterocycles. The first kappa shape index (κ1) is 32.4. The first-order valence-electron chi connectivity index (χ1n) is 16.0. The van der Waals surface area contributed by atoms with Crippen LogP contribution in [0.3, 0.4) is 0 Å². The molecule has 1 unspecified atom stereocenters. The Hall–Kier alpha value is -1.03. The van der Waals surface area contributed by atoms with Crippen LogP contribution >= 0.6 is 22.6 Å². The Bertz CT molecular complexity index is 1180. The van der Waals surface area contributed by atoms with Crippen LogP contribution < -0.4 is 10.4 Å². The van der Waals surface area contributed by atoms with E-state index >= 15 is 0 Å². The summed E-state index contributed by atoms with van der Waals surface area (Å²) in [5, 5.41) is 2.58. The molecule has 4 nitrogen and oxygen atoms in total. The summed E-state index contributed by atoms with van der Waals surface area (Å²) in [6.45, 7) is 16.8. The van der Waals surface area contributed by atoms with Gasteiger partial charge >= 0.3 is 0 Å². The molecule has 5 rings (SSSR count). The third-order valence-electron chi connectivity index (χ3n) is 10.1. The molecule has 0 aromatic heterocycles. The second-order valence-corrected chi connectivity index (χ2v) is 19.4. The van der Waals surface area contributed by atoms with Gasteiger partial charge in [0.2, 0.25) is 0 Å². The average molecular weight is 703 g/mol. The normalized spacial score (nSPS) is 34.2. The zero-order valence-corrected chi connectivity index (χ0v) is 29.9. The second-order valence-electron chi connectivity index (χ2n) is 14.4. The van der Waals surface area contributed by atoms with E-state index in [2.05, 4.69) is 144 Å². The van der Waals surface area contributed by atoms with Crippen LogP contribution in [-0.4, -0.2) is 42.6 Å². The van der Waals surface area contributed by atoms with Crippen LogP contribution in [-0.2, 0) is 18.6 Å². The maximum atomic E-state index is 7.43. The smallest absolute Gasteiger partial charge is 0.261 e. The highest BCUT2D eigenvalue weighted by Crippen LogP contribution is 2.52. The molecule has 42 heavy (non-hydrogen) atoms. The van der Waals surface area contributed by atoms with E-state index in [4.69, 9.17) is 18.6 Å². The molecule has 230 valence electrons. The van der Waals surface area contributed by atoms with Crippen molar-refractivity contribution >= 4 is 41.3 Å². The number of benzene rings is 2. The van der Waals surface area contributed by atoms with E-state index < -0.39 is 19.9 Å². The van der Waals surface area contributed by atoms with Gasteiger partial charge in [-0.3, -0.25) is 0 Å². The highest BCUT2D eigenvalue weighted by molar-refractivity contribution is 14.1. The fraction of sp³-hybridized carbons (Fsp3) is 0.611. The van der Waals surface area contributed by atoms with Gasteiger partial charge in [0.25, 0.3) is 8.32 Å². The monoisotopic (exact) mass is 702 g/mol. The van der Waals surface area contributed by atoms with Crippen LogP contribution in [0.15, 0.2) is 72.8 Å². The van der Waals surface area contributed by atoms with Gasteiger partial charge in [-0.05, 0) is 53.6 Å². The summed E-state index contributed by atoms with van der Waals surface area (Å²) in [5.74, 6) is -0.484. The lowest BCUT2D eigenvalue weighted by atomic mass is 9.78. The summed E-state index contributed by atoms with van der Waals surface area (Å²) in [6, 6.07) is 21.9. The number of rotatable bonds is 8. The molecule has 2 aromatic rings. The quantitative estimate of drug-likeness (QED) is 0.121. The zero-order valence-electron chi connectivity index (χ0n) is 26.7. The third-order valence-corrected chi connectivity index (χ3v) is 16.7. The highest BCUT2D eigenvalue weighted by atomic mass is 127. The molecule has 0 saturated carbocycles. The molecular weight excluding hydrogens is 651 g/mol. The van der Waals surface area contributed by atoms with Gasteiger partial charge in [-0.1, -0.05) is 131 Å². The first-order valence-corrected chi connectivity index (χ1v) is 19.4. The predicted octanol–water partition coefficient (Wildman–Crippen LogP) is 8.02. The van der Waals surface area contributed by atoms with Crippen molar-refractivity contribution < 1.29 is 18.6 Å². The second kappa shape index (κ2) is 12.4. The standard InChI is InChI=1S/C36H51IO4Si/c1-8-29(25-38-42(33(4,5)6,30-16-11-9-12-17-30)31-18-13-10-14-19-31)32-27(2)24-28(3)36(39-32)21-15-20-35(41-36)23-22-34(7,26-37)40-35/h9-19,21,27-29,32H,8,20,22-26H2,1-7H3/t27-,28+,29?,32-,34+,35-,36-/m1/s1. The third kappa shape index (κ3) is 5.97. The SMILES string of the molecule is CCC(CO[Si](c1ccccc1)(c1ccccc1)C(C)(C)C)[C@@H]1O[C@@]2(C=CC[C@]3(CC[C@@](C)(CI)O3)O2)[C@@H](C)C[C@H]1C. The van der Waals surface area contributed by atoms with E-state index in [0.717, 1.165) is 36.5 Å². The van der Waals surface area contributed by atoms with Crippen LogP contribution in [0.5, 0.6) is 0 Å². The summed E-state index contributed by atoms with van der Waals surface area (Å²) in [6.07, 6.45) is 9.21. The average Bonchev–Trinajstić information content (AvgIpc) is 3.29. The molecule has 3 heterocycles. The fourth-order valence-corrected chi connectivity index (χ4v) is 12.9. The Morgan fingerprint density at radius 3 is 2.12 bits per heavy atom. The van der Waals surface area contributed by atoms with Gasteiger partial charge in [0.05, 0.1) is 11.7 Å². The topological polar surface area (TPSA) is 36.9 Å². The summed E-state index contributed by atoms with van der Waals surface area (Å²) in [5.41, 5.74) is -0.146. The van der Waals surface area contributed by atoms with E-state index in [-0.39, 0.29) is 28.6 Å². The molecule has 0 N–H and O–H groups in total. The first-order chi connectivity index (χ1) is 19.9. The lowest BCUT2D eigenvalue weighted by Gasteiger charge is -2.53. The van der Waals surface area contributed by atoms with E-state index in [1.165, 1.54) is 10.4 Å². The molecule has 2 fully saturated rings. The van der Waals surface area contributed by atoms with E-state index in [1.807, 2.05) is 0 Å². The Balaban J connectivity index is 1.44. The zero-order chi connectivity index (χ0) is 30.2. The molecule has 0 aliphatic carbocycles. The van der Waals surface area contributed by atoms with Gasteiger partial charge in [-0.2, -0.15) is 0 Å². The predicted molar refractivity (Wildman–Crippen MR) is 183 cm³/mol. The molecule has 0 amide bonds. The fourth-order valence-electron chi connectivity index (χ4n) is 7.71. The highest BCUT2D eigenvalue weighted by Gasteiger charge is 2.57. The summed E-state index contributed by atoms with van der Waals surface area (Å²) in [7, 11) is -2.64. The van der Waals surface area contributed by atoms with E-state index in [9.17, 15) is 0 Å². The summed E-state index contributed by atoms with van der Waals surface area (Å²) < 4.78 is 29.3. The van der Waals surface area contributed by atoms with E-state index in [0.29, 0.717) is 12.5 Å². The van der Waals surface area contributed by atoms with Crippen molar-refractivity contribution in [3.05, 3.63) is 72.8 Å². The van der Waals surface area contributed by atoms with Crippen molar-refractivity contribution in [2.75, 3.05) is 11.0 Å². The van der Waals surface area contributed by atoms with Crippen LogP contribution in [0, 0.1) is 17.8 Å². The van der Waals surface area contributed by atoms with Crippen molar-refractivity contribution in [2.24, 2.45) is 17.8 Å². The maximum Gasteiger partial charge on any atom is 0.261 e. The molecule has 0 radical (unpaired) electrons. The van der Waals surface area contributed by atoms with Gasteiger partial charge in [0.15, 0.2) is 11.6 Å². The van der Waals surface area contributed by atoms with Crippen molar-refractivity contribution in [1.29, 1.82) is 0 Å². The van der Waals surface area contributed by atoms with Gasteiger partial charge in [-0.25, -0.2) is 0 Å². The molecule has 2 saturated heterocycles. The Morgan fingerprint density at radius 2 is 1.60 bits per heavy atom. The largest absolute Gasteiger partial charge is 0.407 e. The van der Waals surface area contributed by atoms with Crippen molar-refractivity contribution in [2.45, 2.75) is 109 Å². The number of alkyl halides is 1. The maximum absolute atomic E-state index is 7.43. The Labute approximate surface area is 269 Å². The molecule has 2 spiro atoms. The van der Waals surface area contributed by atoms with Crippen molar-refractivity contribution in [1.82, 2.24) is 0 Å². The summed E-state index contributed by atoms with van der Waals surface area (Å²) in [4.78, 5) is 0. The van der Waals surface area contributed by atoms with Crippen LogP contribution in [0.25, 0.3) is 0 Å². The number of hydrogen-bond donors (Lipinski definition) is 0. The van der Waals surface area contributed by atoms with Gasteiger partial charge in [0, 0.05) is 35.7 Å².